The Kier molecular flexibility index (Phi) is 5.40. The SMILES string of the molecule is CN(CCc1cccs1)C(=O)C1CCCCC1CN. The van der Waals surface area contributed by atoms with Crippen molar-refractivity contribution < 1.29 is 4.79 Å². The molecule has 2 N–H and O–H groups in total. The number of nitrogens with zero attached hydrogens (tertiary/aromatic N) is 1. The van der Waals surface area contributed by atoms with E-state index in [9.17, 15) is 4.79 Å². The average molecular weight is 280 g/mol. The van der Waals surface area contributed by atoms with Crippen molar-refractivity contribution in [3.63, 3.8) is 0 Å². The first-order valence-corrected chi connectivity index (χ1v) is 8.07. The monoisotopic (exact) mass is 280 g/mol. The molecule has 2 unspecified atom stereocenters. The summed E-state index contributed by atoms with van der Waals surface area (Å²) in [5.41, 5.74) is 5.81. The van der Waals surface area contributed by atoms with Crippen LogP contribution in [-0.4, -0.2) is 30.9 Å². The number of rotatable bonds is 5. The second-order valence-electron chi connectivity index (χ2n) is 5.48. The van der Waals surface area contributed by atoms with Gasteiger partial charge in [-0.2, -0.15) is 0 Å². The number of carbonyl (C=O) groups excluding carboxylic acids is 1. The summed E-state index contributed by atoms with van der Waals surface area (Å²) in [6.45, 7) is 1.46. The fraction of sp³-hybridized carbons (Fsp3) is 0.667. The zero-order valence-corrected chi connectivity index (χ0v) is 12.5. The molecule has 0 aliphatic heterocycles. The lowest BCUT2D eigenvalue weighted by Crippen LogP contribution is -2.41. The van der Waals surface area contributed by atoms with Gasteiger partial charge in [0.1, 0.15) is 0 Å². The third kappa shape index (κ3) is 3.80. The fourth-order valence-electron chi connectivity index (χ4n) is 2.94. The van der Waals surface area contributed by atoms with Gasteiger partial charge < -0.3 is 10.6 Å². The third-order valence-corrected chi connectivity index (χ3v) is 5.12. The van der Waals surface area contributed by atoms with Crippen LogP contribution in [0, 0.1) is 11.8 Å². The van der Waals surface area contributed by atoms with Crippen LogP contribution in [0.1, 0.15) is 30.6 Å². The van der Waals surface area contributed by atoms with Crippen molar-refractivity contribution in [3.05, 3.63) is 22.4 Å². The van der Waals surface area contributed by atoms with E-state index in [1.165, 1.54) is 17.7 Å². The Labute approximate surface area is 119 Å². The molecule has 4 heteroatoms. The molecular formula is C15H24N2OS. The van der Waals surface area contributed by atoms with Gasteiger partial charge in [0.2, 0.25) is 5.91 Å². The van der Waals surface area contributed by atoms with Gasteiger partial charge in [-0.15, -0.1) is 11.3 Å². The second kappa shape index (κ2) is 7.06. The largest absolute Gasteiger partial charge is 0.345 e. The highest BCUT2D eigenvalue weighted by Crippen LogP contribution is 2.30. The molecule has 2 rings (SSSR count). The van der Waals surface area contributed by atoms with Gasteiger partial charge in [0.25, 0.3) is 0 Å². The summed E-state index contributed by atoms with van der Waals surface area (Å²) in [5.74, 6) is 0.851. The number of hydrogen-bond donors (Lipinski definition) is 1. The number of thiophene rings is 1. The smallest absolute Gasteiger partial charge is 0.225 e. The van der Waals surface area contributed by atoms with Gasteiger partial charge in [0.15, 0.2) is 0 Å². The molecule has 2 atom stereocenters. The van der Waals surface area contributed by atoms with Crippen LogP contribution < -0.4 is 5.73 Å². The van der Waals surface area contributed by atoms with E-state index in [1.807, 2.05) is 11.9 Å². The van der Waals surface area contributed by atoms with Crippen LogP contribution in [0.4, 0.5) is 0 Å². The van der Waals surface area contributed by atoms with Gasteiger partial charge >= 0.3 is 0 Å². The van der Waals surface area contributed by atoms with E-state index in [1.54, 1.807) is 11.3 Å². The zero-order chi connectivity index (χ0) is 13.7. The second-order valence-corrected chi connectivity index (χ2v) is 6.51. The van der Waals surface area contributed by atoms with Gasteiger partial charge in [-0.3, -0.25) is 4.79 Å². The summed E-state index contributed by atoms with van der Waals surface area (Å²) in [6.07, 6.45) is 5.49. The van der Waals surface area contributed by atoms with Crippen LogP contribution in [0.5, 0.6) is 0 Å². The first-order chi connectivity index (χ1) is 9.22. The molecule has 19 heavy (non-hydrogen) atoms. The van der Waals surface area contributed by atoms with Crippen LogP contribution in [0.15, 0.2) is 17.5 Å². The first-order valence-electron chi connectivity index (χ1n) is 7.19. The molecule has 1 aromatic rings. The van der Waals surface area contributed by atoms with Crippen LogP contribution >= 0.6 is 11.3 Å². The minimum atomic E-state index is 0.159. The quantitative estimate of drug-likeness (QED) is 0.901. The van der Waals surface area contributed by atoms with Crippen molar-refractivity contribution in [1.29, 1.82) is 0 Å². The highest BCUT2D eigenvalue weighted by Gasteiger charge is 2.31. The normalized spacial score (nSPS) is 23.3. The molecule has 1 saturated carbocycles. The topological polar surface area (TPSA) is 46.3 Å². The maximum Gasteiger partial charge on any atom is 0.225 e. The van der Waals surface area contributed by atoms with E-state index in [4.69, 9.17) is 5.73 Å². The Morgan fingerprint density at radius 3 is 2.95 bits per heavy atom. The Hall–Kier alpha value is -0.870. The average Bonchev–Trinajstić information content (AvgIpc) is 2.97. The summed E-state index contributed by atoms with van der Waals surface area (Å²) in [6, 6.07) is 4.19. The van der Waals surface area contributed by atoms with Gasteiger partial charge in [0.05, 0.1) is 0 Å². The molecule has 1 amide bonds. The van der Waals surface area contributed by atoms with E-state index >= 15 is 0 Å². The lowest BCUT2D eigenvalue weighted by atomic mass is 9.78. The van der Waals surface area contributed by atoms with Crippen molar-refractivity contribution >= 4 is 17.2 Å². The van der Waals surface area contributed by atoms with Gasteiger partial charge in [-0.25, -0.2) is 0 Å². The molecule has 1 aromatic heterocycles. The van der Waals surface area contributed by atoms with Crippen LogP contribution in [0.25, 0.3) is 0 Å². The molecule has 106 valence electrons. The third-order valence-electron chi connectivity index (χ3n) is 4.18. The van der Waals surface area contributed by atoms with Gasteiger partial charge in [-0.05, 0) is 43.2 Å². The molecule has 0 bridgehead atoms. The summed E-state index contributed by atoms with van der Waals surface area (Å²) >= 11 is 1.76. The van der Waals surface area contributed by atoms with Crippen LogP contribution in [0.3, 0.4) is 0 Å². The highest BCUT2D eigenvalue weighted by atomic mass is 32.1. The summed E-state index contributed by atoms with van der Waals surface area (Å²) < 4.78 is 0. The van der Waals surface area contributed by atoms with Gasteiger partial charge in [0, 0.05) is 24.4 Å². The number of carbonyl (C=O) groups is 1. The van der Waals surface area contributed by atoms with E-state index in [-0.39, 0.29) is 5.92 Å². The molecule has 0 saturated heterocycles. The summed E-state index contributed by atoms with van der Waals surface area (Å²) in [4.78, 5) is 15.7. The summed E-state index contributed by atoms with van der Waals surface area (Å²) in [5, 5.41) is 2.09. The van der Waals surface area contributed by atoms with Crippen LogP contribution in [0.2, 0.25) is 0 Å². The number of likely N-dealkylation sites (N-methyl/N-ethyl adjacent to an activating group) is 1. The van der Waals surface area contributed by atoms with E-state index in [2.05, 4.69) is 17.5 Å². The zero-order valence-electron chi connectivity index (χ0n) is 11.7. The van der Waals surface area contributed by atoms with Crippen molar-refractivity contribution in [2.24, 2.45) is 17.6 Å². The predicted molar refractivity (Wildman–Crippen MR) is 80.2 cm³/mol. The maximum atomic E-state index is 12.5. The number of amides is 1. The molecule has 1 fully saturated rings. The number of hydrogen-bond acceptors (Lipinski definition) is 3. The Bertz CT molecular complexity index is 391. The molecule has 1 aliphatic rings. The maximum absolute atomic E-state index is 12.5. The van der Waals surface area contributed by atoms with Gasteiger partial charge in [-0.1, -0.05) is 18.9 Å². The fourth-order valence-corrected chi connectivity index (χ4v) is 3.64. The molecule has 0 aromatic carbocycles. The van der Waals surface area contributed by atoms with E-state index in [0.29, 0.717) is 18.4 Å². The molecule has 0 radical (unpaired) electrons. The summed E-state index contributed by atoms with van der Waals surface area (Å²) in [7, 11) is 1.93. The van der Waals surface area contributed by atoms with Crippen molar-refractivity contribution in [2.75, 3.05) is 20.1 Å². The molecule has 0 spiro atoms. The van der Waals surface area contributed by atoms with E-state index in [0.717, 1.165) is 25.8 Å². The lowest BCUT2D eigenvalue weighted by Gasteiger charge is -2.32. The van der Waals surface area contributed by atoms with Crippen LogP contribution in [-0.2, 0) is 11.2 Å². The molecular weight excluding hydrogens is 256 g/mol. The van der Waals surface area contributed by atoms with Crippen molar-refractivity contribution in [1.82, 2.24) is 4.90 Å². The Morgan fingerprint density at radius 1 is 1.47 bits per heavy atom. The number of nitrogens with two attached hydrogens (primary N) is 1. The first kappa shape index (κ1) is 14.5. The standard InChI is InChI=1S/C15H24N2OS/c1-17(9-8-13-6-4-10-19-13)15(18)14-7-3-2-5-12(14)11-16/h4,6,10,12,14H,2-3,5,7-9,11,16H2,1H3. The molecule has 3 nitrogen and oxygen atoms in total. The molecule has 1 heterocycles. The Morgan fingerprint density at radius 2 is 2.26 bits per heavy atom. The highest BCUT2D eigenvalue weighted by molar-refractivity contribution is 7.09. The van der Waals surface area contributed by atoms with Crippen molar-refractivity contribution in [2.45, 2.75) is 32.1 Å². The Balaban J connectivity index is 1.86. The van der Waals surface area contributed by atoms with Crippen molar-refractivity contribution in [3.8, 4) is 0 Å². The minimum absolute atomic E-state index is 0.159. The molecule has 1 aliphatic carbocycles. The minimum Gasteiger partial charge on any atom is -0.345 e. The van der Waals surface area contributed by atoms with E-state index < -0.39 is 0 Å². The lowest BCUT2D eigenvalue weighted by molar-refractivity contribution is -0.137. The predicted octanol–water partition coefficient (Wildman–Crippen LogP) is 2.51.